The number of amides is 4. The number of aryl methyl sites for hydroxylation is 1. The number of hydrogen-bond acceptors (Lipinski definition) is 5. The lowest BCUT2D eigenvalue weighted by Gasteiger charge is -2.44. The van der Waals surface area contributed by atoms with Crippen LogP contribution in [0.3, 0.4) is 0 Å². The summed E-state index contributed by atoms with van der Waals surface area (Å²) in [6, 6.07) is 5.49. The molecule has 2 aliphatic heterocycles. The Bertz CT molecular complexity index is 1110. The summed E-state index contributed by atoms with van der Waals surface area (Å²) in [6.45, 7) is 6.47. The van der Waals surface area contributed by atoms with E-state index in [1.807, 2.05) is 45.0 Å². The Hall–Kier alpha value is -2.96. The topological polar surface area (TPSA) is 95.0 Å². The molecule has 6 unspecified atom stereocenters. The van der Waals surface area contributed by atoms with Gasteiger partial charge in [-0.25, -0.2) is 0 Å². The number of nitrogens with zero attached hydrogens (tertiary/aromatic N) is 2. The molecule has 1 aromatic rings. The van der Waals surface area contributed by atoms with Gasteiger partial charge in [0.2, 0.25) is 23.6 Å². The van der Waals surface area contributed by atoms with Crippen molar-refractivity contribution in [1.82, 2.24) is 9.80 Å². The van der Waals surface area contributed by atoms with Gasteiger partial charge in [0.05, 0.1) is 23.7 Å². The van der Waals surface area contributed by atoms with E-state index in [0.29, 0.717) is 49.9 Å². The second-order valence-corrected chi connectivity index (χ2v) is 10.2. The molecule has 2 aliphatic carbocycles. The molecule has 0 radical (unpaired) electrons. The molecule has 1 aromatic carbocycles. The van der Waals surface area contributed by atoms with E-state index >= 15 is 0 Å². The first-order valence-corrected chi connectivity index (χ1v) is 12.5. The van der Waals surface area contributed by atoms with Crippen LogP contribution in [0.2, 0.25) is 0 Å². The molecule has 7 heteroatoms. The minimum absolute atomic E-state index is 0.120. The van der Waals surface area contributed by atoms with Crippen LogP contribution in [0.15, 0.2) is 29.8 Å². The lowest BCUT2D eigenvalue weighted by molar-refractivity contribution is -0.142. The largest absolute Gasteiger partial charge is 0.507 e. The number of phenolic OH excluding ortho intramolecular Hbond substituents is 1. The molecule has 5 rings (SSSR count). The van der Waals surface area contributed by atoms with Crippen molar-refractivity contribution < 1.29 is 24.3 Å². The van der Waals surface area contributed by atoms with Gasteiger partial charge in [-0.3, -0.25) is 29.0 Å². The summed E-state index contributed by atoms with van der Waals surface area (Å²) in [5.41, 5.74) is 2.27. The lowest BCUT2D eigenvalue weighted by Crippen LogP contribution is -2.43. The molecule has 4 amide bonds. The normalized spacial score (nSPS) is 32.6. The predicted octanol–water partition coefficient (Wildman–Crippen LogP) is 3.16. The summed E-state index contributed by atoms with van der Waals surface area (Å²) in [6.07, 6.45) is 4.24. The Labute approximate surface area is 199 Å². The number of rotatable bonds is 5. The Kier molecular flexibility index (Phi) is 5.61. The van der Waals surface area contributed by atoms with Crippen LogP contribution in [0.4, 0.5) is 0 Å². The molecule has 0 aromatic heterocycles. The van der Waals surface area contributed by atoms with E-state index < -0.39 is 29.6 Å². The van der Waals surface area contributed by atoms with E-state index in [1.54, 1.807) is 0 Å². The summed E-state index contributed by atoms with van der Waals surface area (Å²) in [7, 11) is 0. The van der Waals surface area contributed by atoms with Crippen molar-refractivity contribution >= 4 is 23.6 Å². The fraction of sp³-hybridized carbons (Fsp3) is 0.556. The van der Waals surface area contributed by atoms with Crippen LogP contribution in [0, 0.1) is 36.5 Å². The van der Waals surface area contributed by atoms with E-state index in [0.717, 1.165) is 5.57 Å². The van der Waals surface area contributed by atoms with Crippen molar-refractivity contribution in [3.8, 4) is 5.75 Å². The van der Waals surface area contributed by atoms with Gasteiger partial charge in [-0.1, -0.05) is 43.7 Å². The monoisotopic (exact) mass is 464 g/mol. The first kappa shape index (κ1) is 22.8. The molecular weight excluding hydrogens is 432 g/mol. The molecule has 1 saturated carbocycles. The van der Waals surface area contributed by atoms with E-state index in [2.05, 4.69) is 0 Å². The Morgan fingerprint density at radius 3 is 2.12 bits per heavy atom. The number of fused-ring (bicyclic) bond motifs is 4. The number of carbonyl (C=O) groups excluding carboxylic acids is 4. The molecule has 0 spiro atoms. The van der Waals surface area contributed by atoms with Gasteiger partial charge in [-0.05, 0) is 44.1 Å². The highest BCUT2D eigenvalue weighted by Crippen LogP contribution is 2.58. The SMILES string of the molecule is CCCN1C(=O)C2CC=C3C(CC4C(=O)N(CCC)C(=O)C4C3c3cccc(C)c3O)C2C1=O. The highest BCUT2D eigenvalue weighted by molar-refractivity contribution is 6.08. The lowest BCUT2D eigenvalue weighted by atomic mass is 9.57. The van der Waals surface area contributed by atoms with E-state index in [-0.39, 0.29) is 35.3 Å². The first-order chi connectivity index (χ1) is 16.3. The third kappa shape index (κ3) is 3.08. The number of aromatic hydroxyl groups is 1. The summed E-state index contributed by atoms with van der Waals surface area (Å²) in [5.74, 6) is -3.34. The zero-order valence-electron chi connectivity index (χ0n) is 20.0. The minimum Gasteiger partial charge on any atom is -0.507 e. The average molecular weight is 465 g/mol. The number of likely N-dealkylation sites (tertiary alicyclic amines) is 2. The van der Waals surface area contributed by atoms with Crippen LogP contribution in [0.5, 0.6) is 5.75 Å². The maximum absolute atomic E-state index is 13.5. The van der Waals surface area contributed by atoms with Crippen molar-refractivity contribution in [1.29, 1.82) is 0 Å². The van der Waals surface area contributed by atoms with Gasteiger partial charge in [-0.15, -0.1) is 0 Å². The second-order valence-electron chi connectivity index (χ2n) is 10.2. The quantitative estimate of drug-likeness (QED) is 0.534. The smallest absolute Gasteiger partial charge is 0.234 e. The maximum Gasteiger partial charge on any atom is 0.234 e. The molecule has 34 heavy (non-hydrogen) atoms. The number of allylic oxidation sites excluding steroid dienone is 2. The molecule has 7 nitrogen and oxygen atoms in total. The Morgan fingerprint density at radius 1 is 0.853 bits per heavy atom. The fourth-order valence-electron chi connectivity index (χ4n) is 6.89. The van der Waals surface area contributed by atoms with Crippen molar-refractivity contribution in [2.24, 2.45) is 29.6 Å². The molecule has 1 N–H and O–H groups in total. The fourth-order valence-corrected chi connectivity index (χ4v) is 6.89. The highest BCUT2D eigenvalue weighted by Gasteiger charge is 2.61. The number of benzene rings is 1. The second kappa shape index (κ2) is 8.36. The van der Waals surface area contributed by atoms with Crippen molar-refractivity contribution in [2.45, 2.75) is 52.4 Å². The van der Waals surface area contributed by atoms with Gasteiger partial charge in [-0.2, -0.15) is 0 Å². The standard InChI is InChI=1S/C27H32N2O5/c1-4-11-28-24(31)17-10-9-15-18(21(17)26(28)33)13-19-22(27(34)29(12-5-2)25(19)32)20(15)16-8-6-7-14(3)23(16)30/h6-9,17-22,30H,4-5,10-13H2,1-3H3. The maximum atomic E-state index is 13.5. The van der Waals surface area contributed by atoms with Gasteiger partial charge in [0, 0.05) is 24.6 Å². The molecule has 180 valence electrons. The zero-order valence-corrected chi connectivity index (χ0v) is 20.0. The van der Waals surface area contributed by atoms with Gasteiger partial charge in [0.1, 0.15) is 5.75 Å². The van der Waals surface area contributed by atoms with Gasteiger partial charge < -0.3 is 5.11 Å². The molecule has 3 fully saturated rings. The molecular formula is C27H32N2O5. The third-order valence-corrected chi connectivity index (χ3v) is 8.33. The zero-order chi connectivity index (χ0) is 24.3. The minimum atomic E-state index is -0.593. The Balaban J connectivity index is 1.64. The van der Waals surface area contributed by atoms with Crippen molar-refractivity contribution in [3.05, 3.63) is 41.0 Å². The average Bonchev–Trinajstić information content (AvgIpc) is 3.20. The molecule has 0 bridgehead atoms. The highest BCUT2D eigenvalue weighted by atomic mass is 16.3. The van der Waals surface area contributed by atoms with Crippen LogP contribution < -0.4 is 0 Å². The van der Waals surface area contributed by atoms with Crippen LogP contribution >= 0.6 is 0 Å². The van der Waals surface area contributed by atoms with Gasteiger partial charge in [0.25, 0.3) is 0 Å². The van der Waals surface area contributed by atoms with E-state index in [4.69, 9.17) is 0 Å². The van der Waals surface area contributed by atoms with Crippen LogP contribution in [-0.2, 0) is 19.2 Å². The molecule has 2 heterocycles. The number of phenols is 1. The van der Waals surface area contributed by atoms with Crippen LogP contribution in [0.25, 0.3) is 0 Å². The molecule has 6 atom stereocenters. The summed E-state index contributed by atoms with van der Waals surface area (Å²) in [4.78, 5) is 56.2. The summed E-state index contributed by atoms with van der Waals surface area (Å²) >= 11 is 0. The van der Waals surface area contributed by atoms with Gasteiger partial charge >= 0.3 is 0 Å². The Morgan fingerprint density at radius 2 is 1.47 bits per heavy atom. The first-order valence-electron chi connectivity index (χ1n) is 12.5. The van der Waals surface area contributed by atoms with Crippen LogP contribution in [0.1, 0.15) is 56.6 Å². The number of para-hydroxylation sites is 1. The van der Waals surface area contributed by atoms with E-state index in [9.17, 15) is 24.3 Å². The predicted molar refractivity (Wildman–Crippen MR) is 124 cm³/mol. The number of imide groups is 2. The van der Waals surface area contributed by atoms with Crippen LogP contribution in [-0.4, -0.2) is 51.6 Å². The number of hydrogen-bond donors (Lipinski definition) is 1. The van der Waals surface area contributed by atoms with E-state index in [1.165, 1.54) is 9.80 Å². The molecule has 4 aliphatic rings. The van der Waals surface area contributed by atoms with Crippen molar-refractivity contribution in [3.63, 3.8) is 0 Å². The number of carbonyl (C=O) groups is 4. The summed E-state index contributed by atoms with van der Waals surface area (Å²) in [5, 5.41) is 11.0. The molecule has 2 saturated heterocycles. The van der Waals surface area contributed by atoms with Crippen molar-refractivity contribution in [2.75, 3.05) is 13.1 Å². The van der Waals surface area contributed by atoms with Gasteiger partial charge in [0.15, 0.2) is 0 Å². The third-order valence-electron chi connectivity index (χ3n) is 8.33. The summed E-state index contributed by atoms with van der Waals surface area (Å²) < 4.78 is 0.